The molecule has 0 aliphatic carbocycles. The van der Waals surface area contributed by atoms with E-state index in [1.807, 2.05) is 24.3 Å². The molecule has 2 aliphatic rings. The van der Waals surface area contributed by atoms with E-state index in [-0.39, 0.29) is 24.6 Å². The quantitative estimate of drug-likeness (QED) is 0.868. The van der Waals surface area contributed by atoms with Crippen LogP contribution in [0, 0.1) is 5.92 Å². The fourth-order valence-electron chi connectivity index (χ4n) is 3.10. The van der Waals surface area contributed by atoms with Crippen LogP contribution in [0.5, 0.6) is 5.75 Å². The number of hydrogen-bond acceptors (Lipinski definition) is 4. The maximum absolute atomic E-state index is 12.1. The van der Waals surface area contributed by atoms with Gasteiger partial charge in [0.25, 0.3) is 0 Å². The Bertz CT molecular complexity index is 531. The number of amides is 2. The fourth-order valence-corrected chi connectivity index (χ4v) is 3.10. The molecule has 3 rings (SSSR count). The summed E-state index contributed by atoms with van der Waals surface area (Å²) < 4.78 is 5.40. The minimum Gasteiger partial charge on any atom is -0.495 e. The number of methoxy groups -OCH3 is 1. The molecule has 2 amide bonds. The first-order chi connectivity index (χ1) is 10.7. The molecule has 6 nitrogen and oxygen atoms in total. The van der Waals surface area contributed by atoms with Crippen molar-refractivity contribution in [2.45, 2.75) is 12.5 Å². The van der Waals surface area contributed by atoms with Gasteiger partial charge in [-0.05, 0) is 18.6 Å². The number of aliphatic hydroxyl groups excluding tert-OH is 1. The van der Waals surface area contributed by atoms with Crippen LogP contribution in [0.2, 0.25) is 0 Å². The molecule has 0 bridgehead atoms. The molecule has 0 saturated carbocycles. The van der Waals surface area contributed by atoms with Crippen molar-refractivity contribution in [3.8, 4) is 5.75 Å². The van der Waals surface area contributed by atoms with Crippen LogP contribution in [0.25, 0.3) is 0 Å². The van der Waals surface area contributed by atoms with Crippen LogP contribution >= 0.6 is 0 Å². The second-order valence-electron chi connectivity index (χ2n) is 6.01. The molecule has 0 unspecified atom stereocenters. The molecule has 2 aliphatic heterocycles. The zero-order chi connectivity index (χ0) is 15.5. The van der Waals surface area contributed by atoms with Crippen molar-refractivity contribution in [3.05, 3.63) is 24.3 Å². The van der Waals surface area contributed by atoms with E-state index in [1.54, 1.807) is 12.0 Å². The number of nitrogens with one attached hydrogen (secondary N) is 1. The average Bonchev–Trinajstić information content (AvgIpc) is 2.94. The Morgan fingerprint density at radius 3 is 2.86 bits per heavy atom. The molecule has 120 valence electrons. The van der Waals surface area contributed by atoms with Gasteiger partial charge in [-0.15, -0.1) is 0 Å². The number of likely N-dealkylation sites (tertiary alicyclic amines) is 1. The number of ether oxygens (including phenoxy) is 1. The molecular weight excluding hydrogens is 282 g/mol. The lowest BCUT2D eigenvalue weighted by Gasteiger charge is -2.38. The Hall–Kier alpha value is -1.95. The van der Waals surface area contributed by atoms with Crippen LogP contribution in [0.3, 0.4) is 0 Å². The Balaban J connectivity index is 1.53. The van der Waals surface area contributed by atoms with E-state index >= 15 is 0 Å². The van der Waals surface area contributed by atoms with Crippen molar-refractivity contribution >= 4 is 11.7 Å². The number of urea groups is 1. The molecule has 0 radical (unpaired) electrons. The third kappa shape index (κ3) is 2.97. The minimum atomic E-state index is -0.0171. The highest BCUT2D eigenvalue weighted by Gasteiger charge is 2.32. The zero-order valence-corrected chi connectivity index (χ0v) is 12.9. The maximum Gasteiger partial charge on any atom is 0.317 e. The second-order valence-corrected chi connectivity index (χ2v) is 6.01. The molecule has 1 aromatic rings. The molecule has 0 aromatic heterocycles. The van der Waals surface area contributed by atoms with Gasteiger partial charge in [0.2, 0.25) is 0 Å². The number of rotatable bonds is 4. The molecular formula is C16H23N3O3. The fraction of sp³-hybridized carbons (Fsp3) is 0.562. The highest BCUT2D eigenvalue weighted by atomic mass is 16.5. The predicted octanol–water partition coefficient (Wildman–Crippen LogP) is 0.908. The van der Waals surface area contributed by atoms with E-state index in [9.17, 15) is 4.79 Å². The van der Waals surface area contributed by atoms with E-state index in [0.717, 1.165) is 30.9 Å². The van der Waals surface area contributed by atoms with Gasteiger partial charge < -0.3 is 25.0 Å². The first-order valence-corrected chi connectivity index (χ1v) is 7.75. The van der Waals surface area contributed by atoms with E-state index in [2.05, 4.69) is 10.2 Å². The van der Waals surface area contributed by atoms with Crippen LogP contribution in [0.15, 0.2) is 24.3 Å². The predicted molar refractivity (Wildman–Crippen MR) is 84.3 cm³/mol. The summed E-state index contributed by atoms with van der Waals surface area (Å²) in [6, 6.07) is 8.10. The second kappa shape index (κ2) is 6.44. The number of hydrogen-bond donors (Lipinski definition) is 2. The summed E-state index contributed by atoms with van der Waals surface area (Å²) in [5.41, 5.74) is 1.08. The van der Waals surface area contributed by atoms with Crippen LogP contribution in [-0.2, 0) is 0 Å². The molecule has 6 heteroatoms. The van der Waals surface area contributed by atoms with Crippen molar-refractivity contribution in [2.75, 3.05) is 44.8 Å². The normalized spacial score (nSPS) is 21.6. The summed E-state index contributed by atoms with van der Waals surface area (Å²) in [5, 5.41) is 12.1. The van der Waals surface area contributed by atoms with E-state index in [4.69, 9.17) is 9.84 Å². The van der Waals surface area contributed by atoms with Gasteiger partial charge in [-0.2, -0.15) is 0 Å². The van der Waals surface area contributed by atoms with Gasteiger partial charge in [0, 0.05) is 44.7 Å². The summed E-state index contributed by atoms with van der Waals surface area (Å²) in [5.74, 6) is 1.11. The number of carbonyl (C=O) groups is 1. The van der Waals surface area contributed by atoms with E-state index in [0.29, 0.717) is 13.1 Å². The summed E-state index contributed by atoms with van der Waals surface area (Å²) >= 11 is 0. The number of benzene rings is 1. The van der Waals surface area contributed by atoms with Crippen molar-refractivity contribution in [1.29, 1.82) is 0 Å². The molecule has 2 heterocycles. The lowest BCUT2D eigenvalue weighted by molar-refractivity contribution is 0.0765. The number of anilines is 1. The standard InChI is InChI=1S/C16H23N3O3/c1-22-15-5-3-2-4-14(15)18-7-6-13(10-18)17-16(21)19-8-12(9-19)11-20/h2-5,12-13,20H,6-11H2,1H3,(H,17,21)/t13-/m0/s1. The van der Waals surface area contributed by atoms with Gasteiger partial charge in [0.1, 0.15) is 5.75 Å². The Labute approximate surface area is 130 Å². The summed E-state index contributed by atoms with van der Waals surface area (Å²) in [6.45, 7) is 3.18. The largest absolute Gasteiger partial charge is 0.495 e. The SMILES string of the molecule is COc1ccccc1N1CC[C@H](NC(=O)N2CC(CO)C2)C1. The monoisotopic (exact) mass is 305 g/mol. The molecule has 22 heavy (non-hydrogen) atoms. The third-order valence-corrected chi connectivity index (χ3v) is 4.44. The number of nitrogens with zero attached hydrogens (tertiary/aromatic N) is 2. The lowest BCUT2D eigenvalue weighted by Crippen LogP contribution is -2.56. The highest BCUT2D eigenvalue weighted by molar-refractivity contribution is 5.75. The van der Waals surface area contributed by atoms with Crippen molar-refractivity contribution in [2.24, 2.45) is 5.92 Å². The van der Waals surface area contributed by atoms with Crippen LogP contribution in [-0.4, -0.2) is 62.0 Å². The highest BCUT2D eigenvalue weighted by Crippen LogP contribution is 2.30. The summed E-state index contributed by atoms with van der Waals surface area (Å²) in [4.78, 5) is 16.1. The third-order valence-electron chi connectivity index (χ3n) is 4.44. The average molecular weight is 305 g/mol. The number of carbonyl (C=O) groups excluding carboxylic acids is 1. The van der Waals surface area contributed by atoms with Crippen LogP contribution in [0.4, 0.5) is 10.5 Å². The van der Waals surface area contributed by atoms with E-state index in [1.165, 1.54) is 0 Å². The zero-order valence-electron chi connectivity index (χ0n) is 12.9. The molecule has 2 N–H and O–H groups in total. The van der Waals surface area contributed by atoms with Gasteiger partial charge in [0.05, 0.1) is 12.8 Å². The summed E-state index contributed by atoms with van der Waals surface area (Å²) in [7, 11) is 1.68. The molecule has 2 fully saturated rings. The molecule has 2 saturated heterocycles. The van der Waals surface area contributed by atoms with Gasteiger partial charge >= 0.3 is 6.03 Å². The number of para-hydroxylation sites is 2. The van der Waals surface area contributed by atoms with Crippen LogP contribution < -0.4 is 15.0 Å². The lowest BCUT2D eigenvalue weighted by atomic mass is 10.0. The van der Waals surface area contributed by atoms with Gasteiger partial charge in [-0.25, -0.2) is 4.79 Å². The molecule has 0 spiro atoms. The molecule has 1 atom stereocenters. The topological polar surface area (TPSA) is 65.0 Å². The minimum absolute atomic E-state index is 0.0171. The van der Waals surface area contributed by atoms with E-state index < -0.39 is 0 Å². The van der Waals surface area contributed by atoms with Crippen molar-refractivity contribution < 1.29 is 14.6 Å². The van der Waals surface area contributed by atoms with Crippen molar-refractivity contribution in [3.63, 3.8) is 0 Å². The van der Waals surface area contributed by atoms with Gasteiger partial charge in [-0.1, -0.05) is 12.1 Å². The number of aliphatic hydroxyl groups is 1. The molecule has 1 aromatic carbocycles. The van der Waals surface area contributed by atoms with Gasteiger partial charge in [0.15, 0.2) is 0 Å². The Morgan fingerprint density at radius 1 is 1.36 bits per heavy atom. The Kier molecular flexibility index (Phi) is 4.38. The van der Waals surface area contributed by atoms with Crippen LogP contribution in [0.1, 0.15) is 6.42 Å². The smallest absolute Gasteiger partial charge is 0.317 e. The first kappa shape index (κ1) is 15.0. The maximum atomic E-state index is 12.1. The summed E-state index contributed by atoms with van der Waals surface area (Å²) in [6.07, 6.45) is 0.932. The Morgan fingerprint density at radius 2 is 2.14 bits per heavy atom. The van der Waals surface area contributed by atoms with Crippen molar-refractivity contribution in [1.82, 2.24) is 10.2 Å². The first-order valence-electron chi connectivity index (χ1n) is 7.75. The van der Waals surface area contributed by atoms with Gasteiger partial charge in [-0.3, -0.25) is 0 Å².